The zero-order valence-corrected chi connectivity index (χ0v) is 11.5. The molecule has 100 valence electrons. The highest BCUT2D eigenvalue weighted by atomic mass is 32.2. The van der Waals surface area contributed by atoms with Crippen LogP contribution in [0.5, 0.6) is 0 Å². The monoisotopic (exact) mass is 267 g/mol. The molecule has 0 bridgehead atoms. The highest BCUT2D eigenvalue weighted by Crippen LogP contribution is 2.38. The molecule has 1 aromatic heterocycles. The molecule has 3 rings (SSSR count). The normalized spacial score (nSPS) is 33.5. The second-order valence-corrected chi connectivity index (χ2v) is 6.78. The van der Waals surface area contributed by atoms with E-state index in [1.54, 1.807) is 0 Å². The lowest BCUT2D eigenvalue weighted by atomic mass is 9.86. The van der Waals surface area contributed by atoms with Crippen LogP contribution < -0.4 is 5.73 Å². The first kappa shape index (κ1) is 12.5. The van der Waals surface area contributed by atoms with E-state index in [9.17, 15) is 0 Å². The van der Waals surface area contributed by atoms with Crippen LogP contribution in [0.15, 0.2) is 4.52 Å². The van der Waals surface area contributed by atoms with Crippen molar-refractivity contribution in [1.82, 2.24) is 10.1 Å². The van der Waals surface area contributed by atoms with Crippen LogP contribution in [0, 0.1) is 0 Å². The Morgan fingerprint density at radius 2 is 2.11 bits per heavy atom. The van der Waals surface area contributed by atoms with E-state index in [2.05, 4.69) is 10.1 Å². The summed E-state index contributed by atoms with van der Waals surface area (Å²) in [5.74, 6) is 3.35. The minimum atomic E-state index is 0.308. The van der Waals surface area contributed by atoms with Gasteiger partial charge in [0.05, 0.1) is 5.25 Å². The van der Waals surface area contributed by atoms with Crippen LogP contribution in [-0.4, -0.2) is 21.9 Å². The average Bonchev–Trinajstić information content (AvgIpc) is 2.89. The van der Waals surface area contributed by atoms with Crippen LogP contribution in [0.25, 0.3) is 0 Å². The Morgan fingerprint density at radius 3 is 2.89 bits per heavy atom. The van der Waals surface area contributed by atoms with Crippen molar-refractivity contribution in [2.24, 2.45) is 5.73 Å². The van der Waals surface area contributed by atoms with Crippen molar-refractivity contribution in [1.29, 1.82) is 0 Å². The molecule has 18 heavy (non-hydrogen) atoms. The zero-order valence-electron chi connectivity index (χ0n) is 10.7. The van der Waals surface area contributed by atoms with Gasteiger partial charge < -0.3 is 10.3 Å². The fourth-order valence-corrected chi connectivity index (χ4v) is 4.17. The number of hydrogen-bond donors (Lipinski definition) is 1. The molecule has 0 spiro atoms. The highest BCUT2D eigenvalue weighted by Gasteiger charge is 2.27. The molecule has 1 aliphatic heterocycles. The van der Waals surface area contributed by atoms with E-state index in [1.165, 1.54) is 31.4 Å². The van der Waals surface area contributed by atoms with Gasteiger partial charge >= 0.3 is 0 Å². The summed E-state index contributed by atoms with van der Waals surface area (Å²) < 4.78 is 5.48. The van der Waals surface area contributed by atoms with Crippen molar-refractivity contribution in [2.45, 2.75) is 62.2 Å². The van der Waals surface area contributed by atoms with Gasteiger partial charge in [0.15, 0.2) is 5.82 Å². The Balaban J connectivity index is 1.68. The van der Waals surface area contributed by atoms with Gasteiger partial charge in [-0.25, -0.2) is 0 Å². The van der Waals surface area contributed by atoms with Crippen LogP contribution in [0.1, 0.15) is 67.8 Å². The van der Waals surface area contributed by atoms with Gasteiger partial charge in [-0.2, -0.15) is 16.7 Å². The Bertz CT molecular complexity index is 389. The quantitative estimate of drug-likeness (QED) is 0.892. The molecule has 1 aliphatic carbocycles. The summed E-state index contributed by atoms with van der Waals surface area (Å²) in [4.78, 5) is 4.64. The third kappa shape index (κ3) is 2.72. The van der Waals surface area contributed by atoms with Gasteiger partial charge in [0, 0.05) is 12.0 Å². The molecule has 4 nitrogen and oxygen atoms in total. The number of hydrogen-bond acceptors (Lipinski definition) is 5. The molecule has 5 heteroatoms. The summed E-state index contributed by atoms with van der Waals surface area (Å²) in [6.45, 7) is 0. The number of aromatic nitrogens is 2. The summed E-state index contributed by atoms with van der Waals surface area (Å²) in [5, 5.41) is 4.64. The maximum atomic E-state index is 6.02. The van der Waals surface area contributed by atoms with Gasteiger partial charge in [0.2, 0.25) is 5.89 Å². The van der Waals surface area contributed by atoms with Crippen molar-refractivity contribution < 1.29 is 4.52 Å². The first-order chi connectivity index (χ1) is 8.83. The Labute approximate surface area is 112 Å². The van der Waals surface area contributed by atoms with Gasteiger partial charge in [-0.15, -0.1) is 0 Å². The van der Waals surface area contributed by atoms with Crippen LogP contribution in [0.3, 0.4) is 0 Å². The Hall–Kier alpha value is -0.550. The van der Waals surface area contributed by atoms with Gasteiger partial charge in [-0.3, -0.25) is 0 Å². The number of nitrogens with zero attached hydrogens (tertiary/aromatic N) is 2. The summed E-state index contributed by atoms with van der Waals surface area (Å²) in [6, 6.07) is 0.308. The fraction of sp³-hybridized carbons (Fsp3) is 0.846. The molecular weight excluding hydrogens is 246 g/mol. The molecule has 1 saturated heterocycles. The van der Waals surface area contributed by atoms with Crippen LogP contribution in [0.4, 0.5) is 0 Å². The molecule has 2 aliphatic rings. The van der Waals surface area contributed by atoms with Gasteiger partial charge in [-0.05, 0) is 37.9 Å². The second kappa shape index (κ2) is 5.61. The highest BCUT2D eigenvalue weighted by molar-refractivity contribution is 7.99. The standard InChI is InChI=1S/C13H21N3OS/c14-10-5-3-4-9(8-10)13-15-12(16-17-13)11-6-1-2-7-18-11/h9-11H,1-8,14H2. The molecule has 1 saturated carbocycles. The molecule has 0 aromatic carbocycles. The lowest BCUT2D eigenvalue weighted by Gasteiger charge is -2.23. The van der Waals surface area contributed by atoms with Crippen molar-refractivity contribution in [3.05, 3.63) is 11.7 Å². The molecule has 2 N–H and O–H groups in total. The average molecular weight is 267 g/mol. The summed E-state index contributed by atoms with van der Waals surface area (Å²) in [6.07, 6.45) is 8.26. The number of nitrogens with two attached hydrogens (primary N) is 1. The smallest absolute Gasteiger partial charge is 0.229 e. The Kier molecular flexibility index (Phi) is 3.89. The van der Waals surface area contributed by atoms with Gasteiger partial charge in [-0.1, -0.05) is 18.0 Å². The number of rotatable bonds is 2. The predicted molar refractivity (Wildman–Crippen MR) is 72.5 cm³/mol. The molecule has 3 atom stereocenters. The first-order valence-corrected chi connectivity index (χ1v) is 8.08. The first-order valence-electron chi connectivity index (χ1n) is 7.03. The minimum absolute atomic E-state index is 0.308. The largest absolute Gasteiger partial charge is 0.339 e. The topological polar surface area (TPSA) is 64.9 Å². The minimum Gasteiger partial charge on any atom is -0.339 e. The van der Waals surface area contributed by atoms with E-state index < -0.39 is 0 Å². The molecule has 0 amide bonds. The van der Waals surface area contributed by atoms with E-state index >= 15 is 0 Å². The van der Waals surface area contributed by atoms with Crippen molar-refractivity contribution in [3.8, 4) is 0 Å². The fourth-order valence-electron chi connectivity index (χ4n) is 2.94. The van der Waals surface area contributed by atoms with E-state index in [4.69, 9.17) is 10.3 Å². The van der Waals surface area contributed by atoms with Gasteiger partial charge in [0.25, 0.3) is 0 Å². The maximum absolute atomic E-state index is 6.02. The summed E-state index contributed by atoms with van der Waals surface area (Å²) in [5.41, 5.74) is 6.02. The second-order valence-electron chi connectivity index (χ2n) is 5.47. The predicted octanol–water partition coefficient (Wildman–Crippen LogP) is 3.01. The third-order valence-corrected chi connectivity index (χ3v) is 5.36. The third-order valence-electron chi connectivity index (χ3n) is 3.99. The van der Waals surface area contributed by atoms with E-state index in [0.717, 1.165) is 31.0 Å². The lowest BCUT2D eigenvalue weighted by Crippen LogP contribution is -2.27. The number of thioether (sulfide) groups is 1. The van der Waals surface area contributed by atoms with E-state index in [-0.39, 0.29) is 0 Å². The lowest BCUT2D eigenvalue weighted by molar-refractivity contribution is 0.297. The molecule has 3 unspecified atom stereocenters. The summed E-state index contributed by atoms with van der Waals surface area (Å²) in [7, 11) is 0. The zero-order chi connectivity index (χ0) is 12.4. The van der Waals surface area contributed by atoms with Crippen molar-refractivity contribution in [2.75, 3.05) is 5.75 Å². The summed E-state index contributed by atoms with van der Waals surface area (Å²) >= 11 is 1.97. The van der Waals surface area contributed by atoms with Crippen molar-refractivity contribution in [3.63, 3.8) is 0 Å². The van der Waals surface area contributed by atoms with Crippen LogP contribution in [-0.2, 0) is 0 Å². The molecule has 2 fully saturated rings. The SMILES string of the molecule is NC1CCCC(c2nc(C3CCCCS3)no2)C1. The Morgan fingerprint density at radius 1 is 1.17 bits per heavy atom. The van der Waals surface area contributed by atoms with Crippen molar-refractivity contribution >= 4 is 11.8 Å². The molecule has 1 aromatic rings. The molecule has 0 radical (unpaired) electrons. The van der Waals surface area contributed by atoms with E-state index in [1.807, 2.05) is 11.8 Å². The van der Waals surface area contributed by atoms with Crippen LogP contribution in [0.2, 0.25) is 0 Å². The molecular formula is C13H21N3OS. The maximum Gasteiger partial charge on any atom is 0.229 e. The van der Waals surface area contributed by atoms with E-state index in [0.29, 0.717) is 17.2 Å². The van der Waals surface area contributed by atoms with Gasteiger partial charge in [0.1, 0.15) is 0 Å². The molecule has 2 heterocycles. The van der Waals surface area contributed by atoms with Crippen LogP contribution >= 0.6 is 11.8 Å².